The van der Waals surface area contributed by atoms with Crippen LogP contribution in [0.4, 0.5) is 28.9 Å². The molecule has 2 N–H and O–H groups in total. The van der Waals surface area contributed by atoms with Crippen LogP contribution in [0.3, 0.4) is 0 Å². The number of nitrogens with two attached hydrogens (primary N) is 1. The number of halogens is 4. The second-order valence-electron chi connectivity index (χ2n) is 5.86. The molecule has 0 fully saturated rings. The number of carbonyl (C=O) groups is 1. The number of allylic oxidation sites excluding steroid dienone is 1. The van der Waals surface area contributed by atoms with Crippen LogP contribution in [0.2, 0.25) is 0 Å². The first kappa shape index (κ1) is 19.7. The van der Waals surface area contributed by atoms with E-state index in [9.17, 15) is 22.4 Å². The van der Waals surface area contributed by atoms with Crippen LogP contribution in [0.15, 0.2) is 54.1 Å². The summed E-state index contributed by atoms with van der Waals surface area (Å²) in [6.45, 7) is 3.10. The van der Waals surface area contributed by atoms with E-state index >= 15 is 0 Å². The fourth-order valence-corrected chi connectivity index (χ4v) is 2.48. The standard InChI is InChI=1S/C19H18F4N2O/c1-12(2)10-17(26)25(16-9-5-6-13(11-24)18(16)20)15-8-4-3-7-14(15)19(21,22)23/h3-10H,11,24H2,1-2H3. The van der Waals surface area contributed by atoms with Gasteiger partial charge in [0.1, 0.15) is 0 Å². The number of hydrogen-bond acceptors (Lipinski definition) is 2. The van der Waals surface area contributed by atoms with Gasteiger partial charge in [-0.2, -0.15) is 13.2 Å². The van der Waals surface area contributed by atoms with Crippen LogP contribution in [-0.2, 0) is 17.5 Å². The first-order chi connectivity index (χ1) is 12.2. The third-order valence-electron chi connectivity index (χ3n) is 3.60. The SMILES string of the molecule is CC(C)=CC(=O)N(c1ccccc1C(F)(F)F)c1cccc(CN)c1F. The third kappa shape index (κ3) is 4.11. The van der Waals surface area contributed by atoms with Crippen molar-refractivity contribution >= 4 is 17.3 Å². The molecule has 3 nitrogen and oxygen atoms in total. The molecule has 0 spiro atoms. The number of alkyl halides is 3. The summed E-state index contributed by atoms with van der Waals surface area (Å²) in [5.74, 6) is -1.61. The molecule has 0 radical (unpaired) electrons. The van der Waals surface area contributed by atoms with Crippen LogP contribution in [0.5, 0.6) is 0 Å². The molecule has 0 aliphatic heterocycles. The molecule has 0 unspecified atom stereocenters. The summed E-state index contributed by atoms with van der Waals surface area (Å²) in [5, 5.41) is 0. The van der Waals surface area contributed by atoms with Gasteiger partial charge in [-0.25, -0.2) is 4.39 Å². The number of amides is 1. The Morgan fingerprint density at radius 1 is 1.08 bits per heavy atom. The van der Waals surface area contributed by atoms with Gasteiger partial charge in [0.25, 0.3) is 5.91 Å². The number of nitrogens with zero attached hydrogens (tertiary/aromatic N) is 1. The molecule has 0 aliphatic rings. The zero-order valence-corrected chi connectivity index (χ0v) is 14.3. The Hall–Kier alpha value is -2.67. The van der Waals surface area contributed by atoms with Crippen molar-refractivity contribution in [1.29, 1.82) is 0 Å². The Labute approximate surface area is 148 Å². The van der Waals surface area contributed by atoms with Crippen LogP contribution in [0.1, 0.15) is 25.0 Å². The Morgan fingerprint density at radius 2 is 1.69 bits per heavy atom. The molecular formula is C19H18F4N2O. The number of para-hydroxylation sites is 1. The number of hydrogen-bond donors (Lipinski definition) is 1. The lowest BCUT2D eigenvalue weighted by Gasteiger charge is -2.26. The average Bonchev–Trinajstić information content (AvgIpc) is 2.55. The van der Waals surface area contributed by atoms with E-state index in [4.69, 9.17) is 5.73 Å². The predicted molar refractivity (Wildman–Crippen MR) is 92.3 cm³/mol. The van der Waals surface area contributed by atoms with Crippen molar-refractivity contribution in [2.24, 2.45) is 5.73 Å². The summed E-state index contributed by atoms with van der Waals surface area (Å²) >= 11 is 0. The number of benzene rings is 2. The van der Waals surface area contributed by atoms with Crippen molar-refractivity contribution in [3.63, 3.8) is 0 Å². The van der Waals surface area contributed by atoms with Gasteiger partial charge in [-0.1, -0.05) is 29.8 Å². The summed E-state index contributed by atoms with van der Waals surface area (Å²) in [6, 6.07) is 8.66. The minimum atomic E-state index is -4.71. The maximum absolute atomic E-state index is 14.8. The van der Waals surface area contributed by atoms with E-state index in [0.29, 0.717) is 5.57 Å². The van der Waals surface area contributed by atoms with Crippen LogP contribution >= 0.6 is 0 Å². The second-order valence-corrected chi connectivity index (χ2v) is 5.86. The lowest BCUT2D eigenvalue weighted by Crippen LogP contribution is -2.28. The largest absolute Gasteiger partial charge is 0.418 e. The molecule has 2 aromatic carbocycles. The summed E-state index contributed by atoms with van der Waals surface area (Å²) in [5.41, 5.74) is 4.38. The molecule has 0 bridgehead atoms. The number of carbonyl (C=O) groups excluding carboxylic acids is 1. The average molecular weight is 366 g/mol. The fraction of sp³-hybridized carbons (Fsp3) is 0.211. The van der Waals surface area contributed by atoms with Crippen molar-refractivity contribution in [2.45, 2.75) is 26.6 Å². The number of anilines is 2. The highest BCUT2D eigenvalue weighted by molar-refractivity contribution is 6.08. The van der Waals surface area contributed by atoms with Gasteiger partial charge in [-0.3, -0.25) is 9.69 Å². The molecular weight excluding hydrogens is 348 g/mol. The highest BCUT2D eigenvalue weighted by atomic mass is 19.4. The quantitative estimate of drug-likeness (QED) is 0.616. The van der Waals surface area contributed by atoms with Crippen LogP contribution < -0.4 is 10.6 Å². The maximum Gasteiger partial charge on any atom is 0.418 e. The van der Waals surface area contributed by atoms with Crippen LogP contribution in [0.25, 0.3) is 0 Å². The highest BCUT2D eigenvalue weighted by Crippen LogP contribution is 2.40. The van der Waals surface area contributed by atoms with Gasteiger partial charge in [0.2, 0.25) is 0 Å². The van der Waals surface area contributed by atoms with E-state index in [1.807, 2.05) is 0 Å². The third-order valence-corrected chi connectivity index (χ3v) is 3.60. The lowest BCUT2D eigenvalue weighted by molar-refractivity contribution is -0.137. The first-order valence-corrected chi connectivity index (χ1v) is 7.79. The van der Waals surface area contributed by atoms with E-state index in [0.717, 1.165) is 23.1 Å². The molecule has 1 amide bonds. The zero-order valence-electron chi connectivity index (χ0n) is 14.3. The molecule has 0 heterocycles. The van der Waals surface area contributed by atoms with E-state index in [1.165, 1.54) is 30.3 Å². The topological polar surface area (TPSA) is 46.3 Å². The molecule has 138 valence electrons. The summed E-state index contributed by atoms with van der Waals surface area (Å²) in [6.07, 6.45) is -3.55. The van der Waals surface area contributed by atoms with E-state index in [2.05, 4.69) is 0 Å². The maximum atomic E-state index is 14.8. The zero-order chi connectivity index (χ0) is 19.5. The normalized spacial score (nSPS) is 11.2. The Kier molecular flexibility index (Phi) is 5.82. The van der Waals surface area contributed by atoms with Gasteiger partial charge >= 0.3 is 6.18 Å². The molecule has 2 rings (SSSR count). The molecule has 26 heavy (non-hydrogen) atoms. The van der Waals surface area contributed by atoms with Crippen molar-refractivity contribution in [3.05, 3.63) is 71.1 Å². The summed E-state index contributed by atoms with van der Waals surface area (Å²) < 4.78 is 55.0. The molecule has 0 saturated carbocycles. The van der Waals surface area contributed by atoms with E-state index in [1.54, 1.807) is 13.8 Å². The Bertz CT molecular complexity index is 840. The Morgan fingerprint density at radius 3 is 2.27 bits per heavy atom. The van der Waals surface area contributed by atoms with E-state index < -0.39 is 29.2 Å². The van der Waals surface area contributed by atoms with Crippen molar-refractivity contribution in [2.75, 3.05) is 4.90 Å². The minimum absolute atomic E-state index is 0.0991. The lowest BCUT2D eigenvalue weighted by atomic mass is 10.1. The van der Waals surface area contributed by atoms with Crippen molar-refractivity contribution < 1.29 is 22.4 Å². The smallest absolute Gasteiger partial charge is 0.326 e. The minimum Gasteiger partial charge on any atom is -0.326 e. The van der Waals surface area contributed by atoms with Gasteiger partial charge in [0, 0.05) is 18.2 Å². The van der Waals surface area contributed by atoms with Crippen molar-refractivity contribution in [1.82, 2.24) is 0 Å². The molecule has 0 aliphatic carbocycles. The van der Waals surface area contributed by atoms with Gasteiger partial charge in [0.05, 0.1) is 16.9 Å². The van der Waals surface area contributed by atoms with Crippen LogP contribution in [-0.4, -0.2) is 5.91 Å². The first-order valence-electron chi connectivity index (χ1n) is 7.79. The molecule has 0 saturated heterocycles. The molecule has 2 aromatic rings. The number of rotatable bonds is 4. The monoisotopic (exact) mass is 366 g/mol. The van der Waals surface area contributed by atoms with Gasteiger partial charge in [-0.05, 0) is 32.0 Å². The fourth-order valence-electron chi connectivity index (χ4n) is 2.48. The summed E-state index contributed by atoms with van der Waals surface area (Å²) in [4.78, 5) is 13.4. The van der Waals surface area contributed by atoms with Gasteiger partial charge in [-0.15, -0.1) is 0 Å². The summed E-state index contributed by atoms with van der Waals surface area (Å²) in [7, 11) is 0. The van der Waals surface area contributed by atoms with Crippen LogP contribution in [0, 0.1) is 5.82 Å². The van der Waals surface area contributed by atoms with Crippen molar-refractivity contribution in [3.8, 4) is 0 Å². The molecule has 7 heteroatoms. The second kappa shape index (κ2) is 7.70. The van der Waals surface area contributed by atoms with Gasteiger partial charge < -0.3 is 5.73 Å². The van der Waals surface area contributed by atoms with Gasteiger partial charge in [0.15, 0.2) is 5.82 Å². The molecule has 0 aromatic heterocycles. The molecule has 0 atom stereocenters. The highest BCUT2D eigenvalue weighted by Gasteiger charge is 2.36. The van der Waals surface area contributed by atoms with E-state index in [-0.39, 0.29) is 17.8 Å². The predicted octanol–water partition coefficient (Wildman–Crippen LogP) is 4.93. The Balaban J connectivity index is 2.77.